The fourth-order valence-corrected chi connectivity index (χ4v) is 3.04. The molecule has 0 bridgehead atoms. The molecule has 0 fully saturated rings. The highest BCUT2D eigenvalue weighted by Crippen LogP contribution is 2.27. The second kappa shape index (κ2) is 7.81. The summed E-state index contributed by atoms with van der Waals surface area (Å²) >= 11 is 12.0. The van der Waals surface area contributed by atoms with Gasteiger partial charge in [-0.25, -0.2) is 0 Å². The van der Waals surface area contributed by atoms with E-state index in [0.717, 1.165) is 29.1 Å². The van der Waals surface area contributed by atoms with Crippen molar-refractivity contribution in [3.05, 3.63) is 63.6 Å². The largest absolute Gasteiger partial charge is 0.530 e. The Kier molecular flexibility index (Phi) is 5.49. The van der Waals surface area contributed by atoms with Gasteiger partial charge in [0.25, 0.3) is 0 Å². The van der Waals surface area contributed by atoms with Crippen molar-refractivity contribution in [1.29, 1.82) is 0 Å². The number of nitrogens with zero attached hydrogens (tertiary/aromatic N) is 2. The molecule has 0 spiro atoms. The minimum atomic E-state index is -1.35. The molecule has 1 amide bonds. The van der Waals surface area contributed by atoms with E-state index in [4.69, 9.17) is 23.2 Å². The first-order valence-corrected chi connectivity index (χ1v) is 8.71. The highest BCUT2D eigenvalue weighted by atomic mass is 35.5. The van der Waals surface area contributed by atoms with Crippen LogP contribution in [0.5, 0.6) is 0 Å². The lowest BCUT2D eigenvalue weighted by Gasteiger charge is -2.20. The Morgan fingerprint density at radius 3 is 2.73 bits per heavy atom. The van der Waals surface area contributed by atoms with Crippen LogP contribution in [-0.4, -0.2) is 31.9 Å². The molecule has 2 aromatic carbocycles. The monoisotopic (exact) mass is 388 g/mol. The number of nitrogens with one attached hydrogen (secondary N) is 1. The number of amides is 1. The Morgan fingerprint density at radius 2 is 2.00 bits per heavy atom. The van der Waals surface area contributed by atoms with Crippen molar-refractivity contribution in [3.63, 3.8) is 0 Å². The Balaban J connectivity index is 1.97. The number of benzodiazepines with no additional fused rings is 1. The number of fused-ring (bicyclic) bond motifs is 1. The van der Waals surface area contributed by atoms with Crippen molar-refractivity contribution in [2.45, 2.75) is 0 Å². The topological polar surface area (TPSA) is 67.8 Å². The van der Waals surface area contributed by atoms with E-state index in [1.165, 1.54) is 0 Å². The van der Waals surface area contributed by atoms with E-state index in [1.807, 2.05) is 31.3 Å². The van der Waals surface area contributed by atoms with E-state index in [0.29, 0.717) is 22.3 Å². The van der Waals surface area contributed by atoms with Crippen molar-refractivity contribution >= 4 is 52.5 Å². The summed E-state index contributed by atoms with van der Waals surface area (Å²) in [5, 5.41) is 14.1. The third-order valence-corrected chi connectivity index (χ3v) is 4.76. The van der Waals surface area contributed by atoms with Crippen LogP contribution in [0.4, 0.5) is 16.2 Å². The molecule has 1 aliphatic rings. The van der Waals surface area contributed by atoms with Crippen LogP contribution in [0.3, 0.4) is 0 Å². The number of benzene rings is 2. The van der Waals surface area contributed by atoms with Crippen LogP contribution in [0.15, 0.2) is 47.5 Å². The highest BCUT2D eigenvalue weighted by molar-refractivity contribution is 6.42. The second-order valence-corrected chi connectivity index (χ2v) is 6.65. The Labute approximate surface area is 161 Å². The number of aliphatic imine (C=N–C) groups is 1. The average Bonchev–Trinajstić information content (AvgIpc) is 2.74. The van der Waals surface area contributed by atoms with Gasteiger partial charge in [0.15, 0.2) is 0 Å². The predicted octanol–water partition coefficient (Wildman–Crippen LogP) is 3.70. The van der Waals surface area contributed by atoms with Gasteiger partial charge in [0.2, 0.25) is 0 Å². The van der Waals surface area contributed by atoms with E-state index >= 15 is 0 Å². The molecule has 1 N–H and O–H groups in total. The van der Waals surface area contributed by atoms with Crippen LogP contribution in [0.2, 0.25) is 10.0 Å². The van der Waals surface area contributed by atoms with Crippen LogP contribution >= 0.6 is 23.2 Å². The van der Waals surface area contributed by atoms with Gasteiger partial charge in [0, 0.05) is 30.5 Å². The minimum Gasteiger partial charge on any atom is -0.530 e. The standard InChI is InChI=1S/C19H17Cl2N3O2/c1-24-9-8-22-17(6-3-12-2-5-15(20)16(21)10-12)14-11-13(23-19(25)26)4-7-18(14)24/h2-7,10-11,23H,8-9H2,1H3,(H,25,26)/p-1/b6-3+. The number of carbonyl (C=O) groups is 1. The molecule has 1 aliphatic heterocycles. The van der Waals surface area contributed by atoms with Gasteiger partial charge < -0.3 is 20.1 Å². The number of carbonyl (C=O) groups excluding carboxylic acids is 1. The molecular formula is C19H16Cl2N3O2-. The summed E-state index contributed by atoms with van der Waals surface area (Å²) < 4.78 is 0. The SMILES string of the molecule is CN1CCN=C(/C=C/c2ccc(Cl)c(Cl)c2)c2cc(NC(=O)[O-])ccc21. The van der Waals surface area contributed by atoms with Gasteiger partial charge in [-0.15, -0.1) is 0 Å². The fourth-order valence-electron chi connectivity index (χ4n) is 2.73. The maximum atomic E-state index is 10.8. The second-order valence-electron chi connectivity index (χ2n) is 5.84. The molecule has 2 aromatic rings. The molecule has 134 valence electrons. The summed E-state index contributed by atoms with van der Waals surface area (Å²) in [6.45, 7) is 1.40. The Bertz CT molecular complexity index is 910. The molecule has 0 aromatic heterocycles. The van der Waals surface area contributed by atoms with Crippen molar-refractivity contribution in [2.24, 2.45) is 4.99 Å². The zero-order valence-corrected chi connectivity index (χ0v) is 15.5. The summed E-state index contributed by atoms with van der Waals surface area (Å²) in [5.41, 5.74) is 3.91. The maximum Gasteiger partial charge on any atom is 0.138 e. The lowest BCUT2D eigenvalue weighted by atomic mass is 10.0. The predicted molar refractivity (Wildman–Crippen MR) is 106 cm³/mol. The summed E-state index contributed by atoms with van der Waals surface area (Å²) in [5.74, 6) is 0. The van der Waals surface area contributed by atoms with E-state index in [1.54, 1.807) is 24.3 Å². The van der Waals surface area contributed by atoms with E-state index < -0.39 is 6.09 Å². The minimum absolute atomic E-state index is 0.440. The van der Waals surface area contributed by atoms with Crippen LogP contribution in [0, 0.1) is 0 Å². The summed E-state index contributed by atoms with van der Waals surface area (Å²) in [4.78, 5) is 17.5. The van der Waals surface area contributed by atoms with Gasteiger partial charge in [-0.1, -0.05) is 35.3 Å². The Morgan fingerprint density at radius 1 is 1.19 bits per heavy atom. The summed E-state index contributed by atoms with van der Waals surface area (Å²) in [6.07, 6.45) is 2.44. The highest BCUT2D eigenvalue weighted by Gasteiger charge is 2.15. The number of rotatable bonds is 3. The van der Waals surface area contributed by atoms with Crippen LogP contribution in [-0.2, 0) is 0 Å². The van der Waals surface area contributed by atoms with Gasteiger partial charge in [0.1, 0.15) is 6.09 Å². The number of anilines is 2. The lowest BCUT2D eigenvalue weighted by molar-refractivity contribution is -0.242. The molecule has 0 radical (unpaired) electrons. The number of hydrogen-bond acceptors (Lipinski definition) is 4. The molecular weight excluding hydrogens is 373 g/mol. The third kappa shape index (κ3) is 4.18. The zero-order chi connectivity index (χ0) is 18.7. The number of carboxylic acid groups (broad SMARTS) is 1. The maximum absolute atomic E-state index is 10.8. The van der Waals surface area contributed by atoms with E-state index in [2.05, 4.69) is 15.2 Å². The van der Waals surface area contributed by atoms with Gasteiger partial charge in [-0.05, 0) is 42.0 Å². The molecule has 0 saturated heterocycles. The van der Waals surface area contributed by atoms with E-state index in [-0.39, 0.29) is 0 Å². The summed E-state index contributed by atoms with van der Waals surface area (Å²) in [7, 11) is 1.98. The third-order valence-electron chi connectivity index (χ3n) is 4.03. The van der Waals surface area contributed by atoms with Crippen molar-refractivity contribution in [2.75, 3.05) is 30.4 Å². The number of allylic oxidation sites excluding steroid dienone is 1. The molecule has 7 heteroatoms. The average molecular weight is 389 g/mol. The molecule has 3 rings (SSSR count). The van der Waals surface area contributed by atoms with Crippen molar-refractivity contribution in [1.82, 2.24) is 0 Å². The molecule has 1 heterocycles. The molecule has 0 unspecified atom stereocenters. The lowest BCUT2D eigenvalue weighted by Crippen LogP contribution is -2.29. The van der Waals surface area contributed by atoms with Gasteiger partial charge in [-0.3, -0.25) is 4.99 Å². The van der Waals surface area contributed by atoms with E-state index in [9.17, 15) is 9.90 Å². The first-order valence-electron chi connectivity index (χ1n) is 7.95. The summed E-state index contributed by atoms with van der Waals surface area (Å²) in [6, 6.07) is 10.7. The number of likely N-dealkylation sites (N-methyl/N-ethyl adjacent to an activating group) is 1. The molecule has 0 atom stereocenters. The molecule has 0 aliphatic carbocycles. The van der Waals surface area contributed by atoms with Crippen molar-refractivity contribution < 1.29 is 9.90 Å². The smallest absolute Gasteiger partial charge is 0.138 e. The van der Waals surface area contributed by atoms with Crippen LogP contribution in [0.1, 0.15) is 11.1 Å². The first-order chi connectivity index (χ1) is 12.4. The molecule has 5 nitrogen and oxygen atoms in total. The zero-order valence-electron chi connectivity index (χ0n) is 14.0. The normalized spacial score (nSPS) is 14.0. The van der Waals surface area contributed by atoms with Crippen LogP contribution in [0.25, 0.3) is 6.08 Å². The van der Waals surface area contributed by atoms with Gasteiger partial charge >= 0.3 is 0 Å². The first kappa shape index (κ1) is 18.3. The quantitative estimate of drug-likeness (QED) is 0.871. The molecule has 26 heavy (non-hydrogen) atoms. The van der Waals surface area contributed by atoms with Gasteiger partial charge in [0.05, 0.1) is 22.3 Å². The Hall–Kier alpha value is -2.50. The van der Waals surface area contributed by atoms with Gasteiger partial charge in [-0.2, -0.15) is 0 Å². The van der Waals surface area contributed by atoms with Crippen LogP contribution < -0.4 is 15.3 Å². The number of hydrogen-bond donors (Lipinski definition) is 1. The number of halogens is 2. The molecule has 0 saturated carbocycles. The van der Waals surface area contributed by atoms with Crippen molar-refractivity contribution in [3.8, 4) is 0 Å². The fraction of sp³-hybridized carbons (Fsp3) is 0.158.